The number of aliphatic hydroxyl groups excluding tert-OH is 1. The fraction of sp³-hybridized carbons (Fsp3) is 0.857. The van der Waals surface area contributed by atoms with Crippen LogP contribution in [0, 0.1) is 29.6 Å². The second kappa shape index (κ2) is 6.39. The van der Waals surface area contributed by atoms with E-state index in [-0.39, 0.29) is 18.4 Å². The Morgan fingerprint density at radius 1 is 1.38 bits per heavy atom. The Morgan fingerprint density at radius 2 is 2.06 bits per heavy atom. The molecule has 1 fully saturated rings. The lowest BCUT2D eigenvalue weighted by Gasteiger charge is -2.39. The van der Waals surface area contributed by atoms with E-state index in [2.05, 4.69) is 13.8 Å². The first-order valence-corrected chi connectivity index (χ1v) is 6.47. The molecular weight excluding hydrogens is 203 g/mol. The van der Waals surface area contributed by atoms with Gasteiger partial charge in [0.2, 0.25) is 0 Å². The monoisotopic (exact) mass is 228 g/mol. The highest BCUT2D eigenvalue weighted by Gasteiger charge is 2.33. The summed E-state index contributed by atoms with van der Waals surface area (Å²) >= 11 is 0. The molecule has 5 atom stereocenters. The summed E-state index contributed by atoms with van der Waals surface area (Å²) in [7, 11) is 0. The average Bonchev–Trinajstić information content (AvgIpc) is 2.22. The number of hydrogen-bond donors (Lipinski definition) is 1. The zero-order chi connectivity index (χ0) is 12.1. The molecule has 0 bridgehead atoms. The number of allylic oxidation sites excluding steroid dienone is 1. The SMILES string of the molecule is C[C@@H]1CC[C@@H]([C@@H](CO)[C@H](C)/C=C\F)[C@H](C)C1. The van der Waals surface area contributed by atoms with Gasteiger partial charge in [-0.1, -0.05) is 33.3 Å². The molecule has 2 heteroatoms. The standard InChI is InChI=1S/C14H25FO/c1-10-4-5-13(12(3)8-10)14(9-16)11(2)6-7-15/h6-7,10-14,16H,4-5,8-9H2,1-3H3/b7-6-/t10-,11-,12-,13-,14+/m1/s1. The Morgan fingerprint density at radius 3 is 2.56 bits per heavy atom. The van der Waals surface area contributed by atoms with Crippen LogP contribution in [0.25, 0.3) is 0 Å². The molecule has 0 radical (unpaired) electrons. The van der Waals surface area contributed by atoms with Crippen LogP contribution in [-0.2, 0) is 0 Å². The van der Waals surface area contributed by atoms with Crippen LogP contribution in [0.15, 0.2) is 12.4 Å². The minimum Gasteiger partial charge on any atom is -0.396 e. The summed E-state index contributed by atoms with van der Waals surface area (Å²) in [5.41, 5.74) is 0. The van der Waals surface area contributed by atoms with Crippen LogP contribution < -0.4 is 0 Å². The fourth-order valence-corrected chi connectivity index (χ4v) is 3.27. The zero-order valence-corrected chi connectivity index (χ0v) is 10.7. The molecule has 0 spiro atoms. The van der Waals surface area contributed by atoms with Gasteiger partial charge in [-0.25, -0.2) is 4.39 Å². The third-order valence-corrected chi connectivity index (χ3v) is 4.31. The van der Waals surface area contributed by atoms with Gasteiger partial charge in [0.15, 0.2) is 0 Å². The Kier molecular flexibility index (Phi) is 5.47. The lowest BCUT2D eigenvalue weighted by Crippen LogP contribution is -2.33. The first kappa shape index (κ1) is 13.7. The van der Waals surface area contributed by atoms with Crippen molar-refractivity contribution < 1.29 is 9.50 Å². The van der Waals surface area contributed by atoms with Crippen molar-refractivity contribution in [3.63, 3.8) is 0 Å². The van der Waals surface area contributed by atoms with E-state index in [9.17, 15) is 9.50 Å². The summed E-state index contributed by atoms with van der Waals surface area (Å²) in [6.45, 7) is 6.75. The van der Waals surface area contributed by atoms with Crippen molar-refractivity contribution in [2.45, 2.75) is 40.0 Å². The van der Waals surface area contributed by atoms with E-state index in [4.69, 9.17) is 0 Å². The topological polar surface area (TPSA) is 20.2 Å². The van der Waals surface area contributed by atoms with E-state index in [1.165, 1.54) is 19.3 Å². The van der Waals surface area contributed by atoms with Crippen LogP contribution in [0.5, 0.6) is 0 Å². The van der Waals surface area contributed by atoms with Crippen molar-refractivity contribution in [2.75, 3.05) is 6.61 Å². The lowest BCUT2D eigenvalue weighted by molar-refractivity contribution is 0.0713. The van der Waals surface area contributed by atoms with Crippen LogP contribution in [0.3, 0.4) is 0 Å². The minimum atomic E-state index is 0.135. The van der Waals surface area contributed by atoms with Crippen LogP contribution in [0.2, 0.25) is 0 Å². The Labute approximate surface area is 98.7 Å². The fourth-order valence-electron chi connectivity index (χ4n) is 3.27. The first-order chi connectivity index (χ1) is 7.60. The summed E-state index contributed by atoms with van der Waals surface area (Å²) in [4.78, 5) is 0. The molecule has 16 heavy (non-hydrogen) atoms. The predicted molar refractivity (Wildman–Crippen MR) is 65.7 cm³/mol. The largest absolute Gasteiger partial charge is 0.396 e. The smallest absolute Gasteiger partial charge is 0.0829 e. The van der Waals surface area contributed by atoms with Gasteiger partial charge in [-0.15, -0.1) is 0 Å². The van der Waals surface area contributed by atoms with Gasteiger partial charge < -0.3 is 5.11 Å². The van der Waals surface area contributed by atoms with Crippen molar-refractivity contribution in [1.82, 2.24) is 0 Å². The normalized spacial score (nSPS) is 35.2. The van der Waals surface area contributed by atoms with Crippen molar-refractivity contribution in [3.05, 3.63) is 12.4 Å². The van der Waals surface area contributed by atoms with Gasteiger partial charge in [-0.2, -0.15) is 0 Å². The van der Waals surface area contributed by atoms with Gasteiger partial charge in [-0.05, 0) is 42.4 Å². The minimum absolute atomic E-state index is 0.135. The summed E-state index contributed by atoms with van der Waals surface area (Å²) in [5, 5.41) is 9.50. The molecule has 0 aromatic carbocycles. The zero-order valence-electron chi connectivity index (χ0n) is 10.7. The molecule has 1 saturated carbocycles. The number of hydrogen-bond acceptors (Lipinski definition) is 1. The first-order valence-electron chi connectivity index (χ1n) is 6.47. The van der Waals surface area contributed by atoms with Gasteiger partial charge in [0.1, 0.15) is 0 Å². The second-order valence-corrected chi connectivity index (χ2v) is 5.58. The van der Waals surface area contributed by atoms with E-state index in [1.807, 2.05) is 6.92 Å². The molecule has 0 saturated heterocycles. The van der Waals surface area contributed by atoms with E-state index >= 15 is 0 Å². The quantitative estimate of drug-likeness (QED) is 0.776. The van der Waals surface area contributed by atoms with E-state index in [0.29, 0.717) is 18.2 Å². The molecule has 0 heterocycles. The van der Waals surface area contributed by atoms with Gasteiger partial charge >= 0.3 is 0 Å². The second-order valence-electron chi connectivity index (χ2n) is 5.58. The molecule has 1 nitrogen and oxygen atoms in total. The highest BCUT2D eigenvalue weighted by atomic mass is 19.1. The third kappa shape index (κ3) is 3.31. The van der Waals surface area contributed by atoms with Crippen molar-refractivity contribution in [3.8, 4) is 0 Å². The maximum Gasteiger partial charge on any atom is 0.0829 e. The number of rotatable bonds is 4. The Hall–Kier alpha value is -0.370. The van der Waals surface area contributed by atoms with E-state index in [1.54, 1.807) is 6.08 Å². The molecule has 0 amide bonds. The van der Waals surface area contributed by atoms with Gasteiger partial charge in [-0.3, -0.25) is 0 Å². The Bertz CT molecular complexity index is 227. The lowest BCUT2D eigenvalue weighted by atomic mass is 9.67. The molecule has 0 aromatic heterocycles. The van der Waals surface area contributed by atoms with Crippen LogP contribution in [0.4, 0.5) is 4.39 Å². The van der Waals surface area contributed by atoms with Crippen molar-refractivity contribution in [2.24, 2.45) is 29.6 Å². The van der Waals surface area contributed by atoms with Crippen molar-refractivity contribution >= 4 is 0 Å². The number of aliphatic hydroxyl groups is 1. The van der Waals surface area contributed by atoms with Crippen LogP contribution >= 0.6 is 0 Å². The molecule has 94 valence electrons. The van der Waals surface area contributed by atoms with Gasteiger partial charge in [0.25, 0.3) is 0 Å². The molecule has 0 aliphatic heterocycles. The molecule has 1 N–H and O–H groups in total. The maximum absolute atomic E-state index is 12.2. The highest BCUT2D eigenvalue weighted by molar-refractivity contribution is 4.90. The van der Waals surface area contributed by atoms with Crippen LogP contribution in [0.1, 0.15) is 40.0 Å². The highest BCUT2D eigenvalue weighted by Crippen LogP contribution is 2.40. The average molecular weight is 228 g/mol. The number of halogens is 1. The van der Waals surface area contributed by atoms with E-state index in [0.717, 1.165) is 5.92 Å². The third-order valence-electron chi connectivity index (χ3n) is 4.31. The molecule has 0 aromatic rings. The van der Waals surface area contributed by atoms with E-state index < -0.39 is 0 Å². The molecule has 1 aliphatic carbocycles. The summed E-state index contributed by atoms with van der Waals surface area (Å²) in [5.74, 6) is 2.35. The summed E-state index contributed by atoms with van der Waals surface area (Å²) < 4.78 is 12.2. The Balaban J connectivity index is 2.65. The summed E-state index contributed by atoms with van der Waals surface area (Å²) in [6, 6.07) is 0. The molecule has 1 aliphatic rings. The summed E-state index contributed by atoms with van der Waals surface area (Å²) in [6.07, 6.45) is 5.86. The van der Waals surface area contributed by atoms with Gasteiger partial charge in [0, 0.05) is 6.61 Å². The predicted octanol–water partition coefficient (Wildman–Crippen LogP) is 3.79. The maximum atomic E-state index is 12.2. The van der Waals surface area contributed by atoms with Gasteiger partial charge in [0.05, 0.1) is 6.33 Å². The van der Waals surface area contributed by atoms with Crippen molar-refractivity contribution in [1.29, 1.82) is 0 Å². The molecule has 1 rings (SSSR count). The molecular formula is C14H25FO. The van der Waals surface area contributed by atoms with Crippen LogP contribution in [-0.4, -0.2) is 11.7 Å². The molecule has 0 unspecified atom stereocenters.